The van der Waals surface area contributed by atoms with E-state index < -0.39 is 0 Å². The van der Waals surface area contributed by atoms with E-state index in [1.807, 2.05) is 6.07 Å². The highest BCUT2D eigenvalue weighted by molar-refractivity contribution is 5.85. The van der Waals surface area contributed by atoms with Crippen molar-refractivity contribution in [3.8, 4) is 11.5 Å². The van der Waals surface area contributed by atoms with Gasteiger partial charge >= 0.3 is 0 Å². The van der Waals surface area contributed by atoms with Crippen LogP contribution in [0, 0.1) is 0 Å². The third kappa shape index (κ3) is 3.95. The Balaban J connectivity index is 0.00000196. The number of nitrogens with two attached hydrogens (primary N) is 1. The molecule has 1 atom stereocenters. The molecule has 5 heteroatoms. The minimum Gasteiger partial charge on any atom is -0.504 e. The SMILES string of the molecule is COc1ccc(CC(N)CO)cc1O.Cl. The summed E-state index contributed by atoms with van der Waals surface area (Å²) in [6.07, 6.45) is 0.536. The van der Waals surface area contributed by atoms with E-state index in [1.165, 1.54) is 7.11 Å². The first-order chi connectivity index (χ1) is 6.67. The number of rotatable bonds is 4. The Hall–Kier alpha value is -0.970. The molecule has 0 saturated heterocycles. The average molecular weight is 234 g/mol. The lowest BCUT2D eigenvalue weighted by Crippen LogP contribution is -2.26. The summed E-state index contributed by atoms with van der Waals surface area (Å²) in [5.41, 5.74) is 6.44. The van der Waals surface area contributed by atoms with Crippen molar-refractivity contribution in [2.75, 3.05) is 13.7 Å². The number of aliphatic hydroxyl groups is 1. The highest BCUT2D eigenvalue weighted by Crippen LogP contribution is 2.26. The summed E-state index contributed by atoms with van der Waals surface area (Å²) in [6, 6.07) is 4.79. The zero-order chi connectivity index (χ0) is 10.6. The second kappa shape index (κ2) is 6.50. The van der Waals surface area contributed by atoms with Gasteiger partial charge in [0.1, 0.15) is 0 Å². The van der Waals surface area contributed by atoms with E-state index in [2.05, 4.69) is 0 Å². The van der Waals surface area contributed by atoms with Crippen molar-refractivity contribution in [3.63, 3.8) is 0 Å². The molecule has 0 heterocycles. The van der Waals surface area contributed by atoms with Crippen LogP contribution in [0.15, 0.2) is 18.2 Å². The van der Waals surface area contributed by atoms with E-state index in [9.17, 15) is 5.11 Å². The van der Waals surface area contributed by atoms with Gasteiger partial charge < -0.3 is 20.7 Å². The number of aliphatic hydroxyl groups excluding tert-OH is 1. The summed E-state index contributed by atoms with van der Waals surface area (Å²) in [7, 11) is 1.49. The lowest BCUT2D eigenvalue weighted by Gasteiger charge is -2.09. The van der Waals surface area contributed by atoms with Gasteiger partial charge in [0, 0.05) is 6.04 Å². The molecule has 0 aliphatic rings. The number of hydrogen-bond donors (Lipinski definition) is 3. The summed E-state index contributed by atoms with van der Waals surface area (Å²) in [6.45, 7) is -0.0627. The number of halogens is 1. The molecule has 1 rings (SSSR count). The Kier molecular flexibility index (Phi) is 6.08. The van der Waals surface area contributed by atoms with E-state index in [4.69, 9.17) is 15.6 Å². The van der Waals surface area contributed by atoms with Gasteiger partial charge in [-0.05, 0) is 24.1 Å². The predicted molar refractivity (Wildman–Crippen MR) is 60.7 cm³/mol. The number of hydrogen-bond acceptors (Lipinski definition) is 4. The van der Waals surface area contributed by atoms with Crippen molar-refractivity contribution < 1.29 is 14.9 Å². The standard InChI is InChI=1S/C10H15NO3.ClH/c1-14-10-3-2-7(5-9(10)13)4-8(11)6-12;/h2-3,5,8,12-13H,4,6,11H2,1H3;1H. The Bertz CT molecular complexity index is 307. The summed E-state index contributed by atoms with van der Waals surface area (Å²) < 4.78 is 4.90. The Morgan fingerprint density at radius 1 is 1.47 bits per heavy atom. The largest absolute Gasteiger partial charge is 0.504 e. The minimum absolute atomic E-state index is 0. The molecule has 0 spiro atoms. The summed E-state index contributed by atoms with van der Waals surface area (Å²) in [4.78, 5) is 0. The maximum atomic E-state index is 9.45. The quantitative estimate of drug-likeness (QED) is 0.715. The molecule has 4 N–H and O–H groups in total. The summed E-state index contributed by atoms with van der Waals surface area (Å²) in [5, 5.41) is 18.2. The van der Waals surface area contributed by atoms with Crippen LogP contribution in [-0.4, -0.2) is 30.0 Å². The zero-order valence-electron chi connectivity index (χ0n) is 8.51. The van der Waals surface area contributed by atoms with Crippen LogP contribution in [0.3, 0.4) is 0 Å². The van der Waals surface area contributed by atoms with Crippen molar-refractivity contribution in [1.82, 2.24) is 0 Å². The van der Waals surface area contributed by atoms with Gasteiger partial charge in [-0.1, -0.05) is 6.07 Å². The molecular weight excluding hydrogens is 218 g/mol. The Morgan fingerprint density at radius 3 is 2.60 bits per heavy atom. The number of phenols is 1. The maximum Gasteiger partial charge on any atom is 0.160 e. The van der Waals surface area contributed by atoms with Gasteiger partial charge in [0.2, 0.25) is 0 Å². The summed E-state index contributed by atoms with van der Waals surface area (Å²) >= 11 is 0. The van der Waals surface area contributed by atoms with Crippen LogP contribution in [0.2, 0.25) is 0 Å². The Morgan fingerprint density at radius 2 is 2.13 bits per heavy atom. The van der Waals surface area contributed by atoms with Gasteiger partial charge in [0.15, 0.2) is 11.5 Å². The predicted octanol–water partition coefficient (Wildman–Crippen LogP) is 0.685. The van der Waals surface area contributed by atoms with E-state index in [-0.39, 0.29) is 30.8 Å². The lowest BCUT2D eigenvalue weighted by atomic mass is 10.1. The van der Waals surface area contributed by atoms with E-state index in [0.29, 0.717) is 12.2 Å². The maximum absolute atomic E-state index is 9.45. The molecule has 1 unspecified atom stereocenters. The highest BCUT2D eigenvalue weighted by Gasteiger charge is 2.05. The van der Waals surface area contributed by atoms with Gasteiger partial charge in [0.25, 0.3) is 0 Å². The molecule has 0 aliphatic carbocycles. The molecule has 86 valence electrons. The van der Waals surface area contributed by atoms with Crippen LogP contribution in [0.25, 0.3) is 0 Å². The van der Waals surface area contributed by atoms with Crippen LogP contribution in [0.1, 0.15) is 5.56 Å². The summed E-state index contributed by atoms with van der Waals surface area (Å²) in [5.74, 6) is 0.529. The Labute approximate surface area is 95.1 Å². The zero-order valence-corrected chi connectivity index (χ0v) is 9.33. The molecular formula is C10H16ClNO3. The molecule has 0 saturated carbocycles. The second-order valence-electron chi connectivity index (χ2n) is 3.15. The number of aromatic hydroxyl groups is 1. The topological polar surface area (TPSA) is 75.7 Å². The van der Waals surface area contributed by atoms with Crippen LogP contribution in [-0.2, 0) is 6.42 Å². The van der Waals surface area contributed by atoms with Crippen molar-refractivity contribution in [1.29, 1.82) is 0 Å². The third-order valence-corrected chi connectivity index (χ3v) is 1.98. The molecule has 1 aromatic rings. The molecule has 0 bridgehead atoms. The van der Waals surface area contributed by atoms with Gasteiger partial charge in [-0.25, -0.2) is 0 Å². The molecule has 0 fully saturated rings. The fourth-order valence-electron chi connectivity index (χ4n) is 1.23. The number of ether oxygens (including phenoxy) is 1. The molecule has 0 amide bonds. The molecule has 0 radical (unpaired) electrons. The fourth-order valence-corrected chi connectivity index (χ4v) is 1.23. The number of phenolic OH excluding ortho intramolecular Hbond substituents is 1. The molecule has 4 nitrogen and oxygen atoms in total. The third-order valence-electron chi connectivity index (χ3n) is 1.98. The van der Waals surface area contributed by atoms with Crippen molar-refractivity contribution >= 4 is 12.4 Å². The van der Waals surface area contributed by atoms with Crippen LogP contribution in [0.4, 0.5) is 0 Å². The first-order valence-corrected chi connectivity index (χ1v) is 4.39. The lowest BCUT2D eigenvalue weighted by molar-refractivity contribution is 0.265. The van der Waals surface area contributed by atoms with E-state index >= 15 is 0 Å². The minimum atomic E-state index is -0.289. The van der Waals surface area contributed by atoms with E-state index in [0.717, 1.165) is 5.56 Å². The first kappa shape index (κ1) is 14.0. The number of benzene rings is 1. The van der Waals surface area contributed by atoms with Gasteiger partial charge in [-0.15, -0.1) is 12.4 Å². The fraction of sp³-hybridized carbons (Fsp3) is 0.400. The van der Waals surface area contributed by atoms with Crippen molar-refractivity contribution in [3.05, 3.63) is 23.8 Å². The van der Waals surface area contributed by atoms with E-state index in [1.54, 1.807) is 12.1 Å². The van der Waals surface area contributed by atoms with Crippen molar-refractivity contribution in [2.24, 2.45) is 5.73 Å². The average Bonchev–Trinajstić information content (AvgIpc) is 2.18. The van der Waals surface area contributed by atoms with Crippen LogP contribution in [0.5, 0.6) is 11.5 Å². The highest BCUT2D eigenvalue weighted by atomic mass is 35.5. The molecule has 15 heavy (non-hydrogen) atoms. The van der Waals surface area contributed by atoms with Crippen molar-refractivity contribution in [2.45, 2.75) is 12.5 Å². The first-order valence-electron chi connectivity index (χ1n) is 4.39. The van der Waals surface area contributed by atoms with Gasteiger partial charge in [-0.3, -0.25) is 0 Å². The molecule has 0 aromatic heterocycles. The van der Waals surface area contributed by atoms with Crippen LogP contribution < -0.4 is 10.5 Å². The van der Waals surface area contributed by atoms with Crippen LogP contribution >= 0.6 is 12.4 Å². The number of methoxy groups -OCH3 is 1. The van der Waals surface area contributed by atoms with Gasteiger partial charge in [0.05, 0.1) is 13.7 Å². The second-order valence-corrected chi connectivity index (χ2v) is 3.15. The van der Waals surface area contributed by atoms with Gasteiger partial charge in [-0.2, -0.15) is 0 Å². The monoisotopic (exact) mass is 233 g/mol. The smallest absolute Gasteiger partial charge is 0.160 e. The molecule has 0 aliphatic heterocycles. The normalized spacial score (nSPS) is 11.7. The molecule has 1 aromatic carbocycles.